The van der Waals surface area contributed by atoms with Crippen LogP contribution in [0.3, 0.4) is 0 Å². The summed E-state index contributed by atoms with van der Waals surface area (Å²) in [7, 11) is 1.86. The van der Waals surface area contributed by atoms with Crippen molar-refractivity contribution in [1.29, 1.82) is 0 Å². The highest BCUT2D eigenvalue weighted by Gasteiger charge is 2.13. The van der Waals surface area contributed by atoms with Gasteiger partial charge in [-0.15, -0.1) is 0 Å². The van der Waals surface area contributed by atoms with Crippen molar-refractivity contribution in [1.82, 2.24) is 9.88 Å². The fourth-order valence-electron chi connectivity index (χ4n) is 1.84. The van der Waals surface area contributed by atoms with Gasteiger partial charge in [-0.3, -0.25) is 9.78 Å². The van der Waals surface area contributed by atoms with E-state index in [0.29, 0.717) is 12.2 Å². The standard InChI is InChI=1S/C14H23N3O2/c1-5-17(6-2)14(19)10-16(4)12-7-8-13(11(3)18)15-9-12/h7-9,11,18H,5-6,10H2,1-4H3. The van der Waals surface area contributed by atoms with Gasteiger partial charge >= 0.3 is 0 Å². The van der Waals surface area contributed by atoms with E-state index in [-0.39, 0.29) is 5.91 Å². The zero-order valence-corrected chi connectivity index (χ0v) is 12.1. The fraction of sp³-hybridized carbons (Fsp3) is 0.571. The SMILES string of the molecule is CCN(CC)C(=O)CN(C)c1ccc(C(C)O)nc1. The third-order valence-corrected chi connectivity index (χ3v) is 3.13. The molecular weight excluding hydrogens is 242 g/mol. The highest BCUT2D eigenvalue weighted by Crippen LogP contribution is 2.15. The summed E-state index contributed by atoms with van der Waals surface area (Å²) in [6.07, 6.45) is 1.11. The number of likely N-dealkylation sites (N-methyl/N-ethyl adjacent to an activating group) is 2. The van der Waals surface area contributed by atoms with Crippen LogP contribution in [0.4, 0.5) is 5.69 Å². The molecule has 0 saturated carbocycles. The average molecular weight is 265 g/mol. The Bertz CT molecular complexity index is 400. The first-order chi connectivity index (χ1) is 8.99. The number of nitrogens with zero attached hydrogens (tertiary/aromatic N) is 3. The van der Waals surface area contributed by atoms with E-state index < -0.39 is 6.10 Å². The minimum atomic E-state index is -0.573. The van der Waals surface area contributed by atoms with E-state index in [9.17, 15) is 9.90 Å². The van der Waals surface area contributed by atoms with Gasteiger partial charge in [-0.25, -0.2) is 0 Å². The predicted molar refractivity (Wildman–Crippen MR) is 76.1 cm³/mol. The number of hydrogen-bond acceptors (Lipinski definition) is 4. The van der Waals surface area contributed by atoms with Crippen LogP contribution in [0.15, 0.2) is 18.3 Å². The first-order valence-electron chi connectivity index (χ1n) is 6.62. The van der Waals surface area contributed by atoms with E-state index in [1.54, 1.807) is 24.1 Å². The van der Waals surface area contributed by atoms with Gasteiger partial charge in [0.05, 0.1) is 30.2 Å². The summed E-state index contributed by atoms with van der Waals surface area (Å²) in [5, 5.41) is 9.40. The maximum atomic E-state index is 12.0. The average Bonchev–Trinajstić information content (AvgIpc) is 2.40. The predicted octanol–water partition coefficient (Wildman–Crippen LogP) is 1.44. The van der Waals surface area contributed by atoms with Crippen LogP contribution in [0.2, 0.25) is 0 Å². The number of aromatic nitrogens is 1. The third-order valence-electron chi connectivity index (χ3n) is 3.13. The molecule has 1 rings (SSSR count). The van der Waals surface area contributed by atoms with E-state index in [1.165, 1.54) is 0 Å². The van der Waals surface area contributed by atoms with Crippen LogP contribution in [0.5, 0.6) is 0 Å². The molecule has 1 heterocycles. The highest BCUT2D eigenvalue weighted by molar-refractivity contribution is 5.81. The van der Waals surface area contributed by atoms with Crippen LogP contribution in [0.25, 0.3) is 0 Å². The molecule has 106 valence electrons. The van der Waals surface area contributed by atoms with Gasteiger partial charge in [0.1, 0.15) is 0 Å². The van der Waals surface area contributed by atoms with E-state index in [2.05, 4.69) is 4.98 Å². The van der Waals surface area contributed by atoms with Gasteiger partial charge in [-0.1, -0.05) is 0 Å². The van der Waals surface area contributed by atoms with Gasteiger partial charge in [0.25, 0.3) is 0 Å². The second-order valence-corrected chi connectivity index (χ2v) is 4.54. The number of aliphatic hydroxyl groups excluding tert-OH is 1. The molecule has 0 saturated heterocycles. The Labute approximate surface area is 114 Å². The van der Waals surface area contributed by atoms with Crippen molar-refractivity contribution in [3.05, 3.63) is 24.0 Å². The molecule has 5 heteroatoms. The molecule has 0 fully saturated rings. The second kappa shape index (κ2) is 7.09. The van der Waals surface area contributed by atoms with Gasteiger partial charge in [-0.2, -0.15) is 0 Å². The number of aliphatic hydroxyl groups is 1. The maximum Gasteiger partial charge on any atom is 0.242 e. The summed E-state index contributed by atoms with van der Waals surface area (Å²) >= 11 is 0. The van der Waals surface area contributed by atoms with Gasteiger partial charge in [-0.05, 0) is 32.9 Å². The van der Waals surface area contributed by atoms with E-state index in [0.717, 1.165) is 18.8 Å². The minimum absolute atomic E-state index is 0.104. The summed E-state index contributed by atoms with van der Waals surface area (Å²) in [5.74, 6) is 0.104. The quantitative estimate of drug-likeness (QED) is 0.845. The van der Waals surface area contributed by atoms with Crippen LogP contribution in [0.1, 0.15) is 32.6 Å². The van der Waals surface area contributed by atoms with Crippen molar-refractivity contribution in [2.75, 3.05) is 31.6 Å². The van der Waals surface area contributed by atoms with Gasteiger partial charge in [0, 0.05) is 20.1 Å². The summed E-state index contributed by atoms with van der Waals surface area (Å²) < 4.78 is 0. The molecule has 1 atom stereocenters. The Hall–Kier alpha value is -1.62. The molecule has 5 nitrogen and oxygen atoms in total. The molecule has 19 heavy (non-hydrogen) atoms. The maximum absolute atomic E-state index is 12.0. The summed E-state index contributed by atoms with van der Waals surface area (Å²) in [5.41, 5.74) is 1.50. The fourth-order valence-corrected chi connectivity index (χ4v) is 1.84. The van der Waals surface area contributed by atoms with Crippen LogP contribution in [-0.4, -0.2) is 47.6 Å². The smallest absolute Gasteiger partial charge is 0.242 e. The van der Waals surface area contributed by atoms with E-state index >= 15 is 0 Å². The monoisotopic (exact) mass is 265 g/mol. The van der Waals surface area contributed by atoms with Crippen LogP contribution >= 0.6 is 0 Å². The lowest BCUT2D eigenvalue weighted by atomic mass is 10.2. The Kier molecular flexibility index (Phi) is 5.76. The number of carbonyl (C=O) groups excluding carboxylic acids is 1. The van der Waals surface area contributed by atoms with Gasteiger partial charge in [0.2, 0.25) is 5.91 Å². The van der Waals surface area contributed by atoms with Crippen molar-refractivity contribution in [2.45, 2.75) is 26.9 Å². The summed E-state index contributed by atoms with van der Waals surface area (Å²) in [4.78, 5) is 19.8. The molecule has 0 spiro atoms. The molecule has 0 aliphatic heterocycles. The Morgan fingerprint density at radius 1 is 1.37 bits per heavy atom. The van der Waals surface area contributed by atoms with Crippen molar-refractivity contribution in [3.63, 3.8) is 0 Å². The second-order valence-electron chi connectivity index (χ2n) is 4.54. The van der Waals surface area contributed by atoms with Crippen LogP contribution in [0, 0.1) is 0 Å². The summed E-state index contributed by atoms with van der Waals surface area (Å²) in [6.45, 7) is 7.40. The van der Waals surface area contributed by atoms with Crippen molar-refractivity contribution in [3.8, 4) is 0 Å². The Balaban J connectivity index is 2.67. The molecule has 1 aromatic rings. The number of rotatable bonds is 6. The zero-order valence-electron chi connectivity index (χ0n) is 12.1. The normalized spacial score (nSPS) is 12.1. The molecule has 0 aromatic carbocycles. The van der Waals surface area contributed by atoms with Crippen LogP contribution < -0.4 is 4.90 Å². The van der Waals surface area contributed by atoms with Gasteiger partial charge in [0.15, 0.2) is 0 Å². The first kappa shape index (κ1) is 15.4. The van der Waals surface area contributed by atoms with Crippen molar-refractivity contribution < 1.29 is 9.90 Å². The molecule has 0 aliphatic carbocycles. The molecule has 1 amide bonds. The molecule has 0 radical (unpaired) electrons. The van der Waals surface area contributed by atoms with Crippen LogP contribution in [-0.2, 0) is 4.79 Å². The molecule has 0 aliphatic rings. The lowest BCUT2D eigenvalue weighted by Gasteiger charge is -2.24. The van der Waals surface area contributed by atoms with E-state index in [4.69, 9.17) is 0 Å². The molecular formula is C14H23N3O2. The van der Waals surface area contributed by atoms with Crippen molar-refractivity contribution in [2.24, 2.45) is 0 Å². The lowest BCUT2D eigenvalue weighted by Crippen LogP contribution is -2.38. The summed E-state index contributed by atoms with van der Waals surface area (Å²) in [6, 6.07) is 3.64. The first-order valence-corrected chi connectivity index (χ1v) is 6.62. The Morgan fingerprint density at radius 3 is 2.42 bits per heavy atom. The number of pyridine rings is 1. The minimum Gasteiger partial charge on any atom is -0.387 e. The number of hydrogen-bond donors (Lipinski definition) is 1. The zero-order chi connectivity index (χ0) is 14.4. The number of carbonyl (C=O) groups is 1. The lowest BCUT2D eigenvalue weighted by molar-refractivity contribution is -0.129. The number of amides is 1. The van der Waals surface area contributed by atoms with E-state index in [1.807, 2.05) is 31.9 Å². The topological polar surface area (TPSA) is 56.7 Å². The Morgan fingerprint density at radius 2 is 2.00 bits per heavy atom. The largest absolute Gasteiger partial charge is 0.387 e. The van der Waals surface area contributed by atoms with Crippen molar-refractivity contribution >= 4 is 11.6 Å². The third kappa shape index (κ3) is 4.21. The molecule has 1 unspecified atom stereocenters. The molecule has 1 aromatic heterocycles. The molecule has 1 N–H and O–H groups in total. The number of anilines is 1. The highest BCUT2D eigenvalue weighted by atomic mass is 16.3. The molecule has 0 bridgehead atoms. The van der Waals surface area contributed by atoms with Gasteiger partial charge < -0.3 is 14.9 Å².